The van der Waals surface area contributed by atoms with Gasteiger partial charge in [-0.25, -0.2) is 0 Å². The number of hydrogen-bond acceptors (Lipinski definition) is 3. The lowest BCUT2D eigenvalue weighted by molar-refractivity contribution is 0.0964. The number of ketones is 1. The zero-order chi connectivity index (χ0) is 14.0. The zero-order valence-corrected chi connectivity index (χ0v) is 12.8. The van der Waals surface area contributed by atoms with Crippen LogP contribution in [0.4, 0.5) is 0 Å². The Morgan fingerprint density at radius 1 is 1.32 bits per heavy atom. The van der Waals surface area contributed by atoms with Crippen molar-refractivity contribution in [2.45, 2.75) is 62.5 Å². The van der Waals surface area contributed by atoms with Crippen LogP contribution in [0.15, 0.2) is 17.0 Å². The number of aryl methyl sites for hydroxylation is 1. The largest absolute Gasteiger partial charge is 0.507 e. The van der Waals surface area contributed by atoms with Gasteiger partial charge in [0, 0.05) is 16.1 Å². The predicted octanol–water partition coefficient (Wildman–Crippen LogP) is 4.58. The summed E-state index contributed by atoms with van der Waals surface area (Å²) in [6.07, 6.45) is 5.00. The second-order valence-corrected chi connectivity index (χ2v) is 7.66. The monoisotopic (exact) mass is 278 g/mol. The molecule has 1 N–H and O–H groups in total. The highest BCUT2D eigenvalue weighted by Crippen LogP contribution is 2.45. The van der Waals surface area contributed by atoms with Crippen LogP contribution in [0.25, 0.3) is 0 Å². The van der Waals surface area contributed by atoms with Crippen LogP contribution in [-0.4, -0.2) is 15.6 Å². The minimum atomic E-state index is -0.0709. The summed E-state index contributed by atoms with van der Waals surface area (Å²) in [6, 6.07) is 3.86. The summed E-state index contributed by atoms with van der Waals surface area (Å²) in [5.74, 6) is 0.230. The summed E-state index contributed by atoms with van der Waals surface area (Å²) in [5, 5.41) is 10.1. The van der Waals surface area contributed by atoms with E-state index in [0.29, 0.717) is 12.0 Å². The summed E-state index contributed by atoms with van der Waals surface area (Å²) in [6.45, 7) is 6.35. The number of thioether (sulfide) groups is 1. The molecule has 0 spiro atoms. The molecule has 0 saturated heterocycles. The van der Waals surface area contributed by atoms with Gasteiger partial charge in [0.05, 0.1) is 5.56 Å². The highest BCUT2D eigenvalue weighted by molar-refractivity contribution is 8.00. The van der Waals surface area contributed by atoms with Crippen molar-refractivity contribution < 1.29 is 9.90 Å². The number of carbonyl (C=O) groups excluding carboxylic acids is 1. The molecule has 0 aliphatic carbocycles. The minimum Gasteiger partial charge on any atom is -0.507 e. The van der Waals surface area contributed by atoms with Crippen molar-refractivity contribution in [2.75, 3.05) is 0 Å². The maximum atomic E-state index is 12.1. The molecule has 0 atom stereocenters. The van der Waals surface area contributed by atoms with Gasteiger partial charge in [-0.3, -0.25) is 4.79 Å². The first-order valence-corrected chi connectivity index (χ1v) is 7.82. The molecule has 0 amide bonds. The fraction of sp³-hybridized carbons (Fsp3) is 0.562. The van der Waals surface area contributed by atoms with Crippen LogP contribution in [0, 0.1) is 0 Å². The summed E-state index contributed by atoms with van der Waals surface area (Å²) in [4.78, 5) is 13.1. The fourth-order valence-corrected chi connectivity index (χ4v) is 3.88. The fourth-order valence-electron chi connectivity index (χ4n) is 2.55. The lowest BCUT2D eigenvalue weighted by atomic mass is 9.96. The van der Waals surface area contributed by atoms with Crippen molar-refractivity contribution in [3.05, 3.63) is 23.3 Å². The molecular formula is C16H22O2S. The molecule has 0 fully saturated rings. The maximum Gasteiger partial charge on any atom is 0.169 e. The Bertz CT molecular complexity index is 492. The second-order valence-electron chi connectivity index (χ2n) is 5.91. The molecule has 1 heterocycles. The highest BCUT2D eigenvalue weighted by atomic mass is 32.2. The molecule has 1 aliphatic rings. The third kappa shape index (κ3) is 3.33. The quantitative estimate of drug-likeness (QED) is 0.819. The number of carbonyl (C=O) groups is 1. The molecule has 3 heteroatoms. The van der Waals surface area contributed by atoms with Crippen LogP contribution < -0.4 is 0 Å². The third-order valence-electron chi connectivity index (χ3n) is 3.46. The first-order chi connectivity index (χ1) is 8.93. The van der Waals surface area contributed by atoms with Crippen molar-refractivity contribution >= 4 is 17.5 Å². The van der Waals surface area contributed by atoms with E-state index in [-0.39, 0.29) is 16.3 Å². The number of fused-ring (bicyclic) bond motifs is 1. The van der Waals surface area contributed by atoms with E-state index in [4.69, 9.17) is 0 Å². The molecule has 1 aromatic carbocycles. The summed E-state index contributed by atoms with van der Waals surface area (Å²) in [7, 11) is 0. The van der Waals surface area contributed by atoms with Gasteiger partial charge in [-0.15, -0.1) is 11.8 Å². The molecule has 19 heavy (non-hydrogen) atoms. The van der Waals surface area contributed by atoms with Gasteiger partial charge in [0.25, 0.3) is 0 Å². The van der Waals surface area contributed by atoms with Gasteiger partial charge in [-0.2, -0.15) is 0 Å². The number of phenols is 1. The average Bonchev–Trinajstić information content (AvgIpc) is 2.26. The van der Waals surface area contributed by atoms with Crippen molar-refractivity contribution in [2.24, 2.45) is 0 Å². The standard InChI is InChI=1S/C16H22O2S/c1-4-5-6-7-11-8-12(17)15-13(18)10-16(2,3)19-14(15)9-11/h8-9,17H,4-7,10H2,1-3H3. The van der Waals surface area contributed by atoms with Crippen LogP contribution in [-0.2, 0) is 6.42 Å². The highest BCUT2D eigenvalue weighted by Gasteiger charge is 2.33. The Hall–Kier alpha value is -0.960. The van der Waals surface area contributed by atoms with Gasteiger partial charge >= 0.3 is 0 Å². The molecule has 0 bridgehead atoms. The topological polar surface area (TPSA) is 37.3 Å². The smallest absolute Gasteiger partial charge is 0.169 e. The first kappa shape index (κ1) is 14.4. The van der Waals surface area contributed by atoms with Crippen molar-refractivity contribution in [1.82, 2.24) is 0 Å². The predicted molar refractivity (Wildman–Crippen MR) is 80.2 cm³/mol. The van der Waals surface area contributed by atoms with Crippen molar-refractivity contribution in [3.8, 4) is 5.75 Å². The lowest BCUT2D eigenvalue weighted by Crippen LogP contribution is -2.25. The van der Waals surface area contributed by atoms with E-state index in [1.165, 1.54) is 12.8 Å². The van der Waals surface area contributed by atoms with Gasteiger partial charge in [-0.05, 0) is 44.4 Å². The van der Waals surface area contributed by atoms with Gasteiger partial charge in [-0.1, -0.05) is 19.8 Å². The molecule has 0 saturated carbocycles. The van der Waals surface area contributed by atoms with E-state index < -0.39 is 0 Å². The molecule has 0 unspecified atom stereocenters. The Kier molecular flexibility index (Phi) is 4.24. The van der Waals surface area contributed by atoms with E-state index in [1.54, 1.807) is 17.8 Å². The number of Topliss-reactive ketones (excluding diaryl/α,β-unsaturated/α-hetero) is 1. The van der Waals surface area contributed by atoms with E-state index in [0.717, 1.165) is 23.3 Å². The molecule has 1 aliphatic heterocycles. The molecule has 0 aromatic heterocycles. The molecule has 104 valence electrons. The molecule has 2 nitrogen and oxygen atoms in total. The summed E-state index contributed by atoms with van der Waals surface area (Å²) >= 11 is 1.70. The number of hydrogen-bond donors (Lipinski definition) is 1. The Morgan fingerprint density at radius 3 is 2.74 bits per heavy atom. The second kappa shape index (κ2) is 5.58. The van der Waals surface area contributed by atoms with Crippen LogP contribution >= 0.6 is 11.8 Å². The van der Waals surface area contributed by atoms with E-state index in [2.05, 4.69) is 26.8 Å². The number of aromatic hydroxyl groups is 1. The summed E-state index contributed by atoms with van der Waals surface area (Å²) in [5.41, 5.74) is 1.67. The van der Waals surface area contributed by atoms with Gasteiger partial charge in [0.2, 0.25) is 0 Å². The van der Waals surface area contributed by atoms with Gasteiger partial charge in [0.1, 0.15) is 5.75 Å². The number of phenolic OH excluding ortho intramolecular Hbond substituents is 1. The van der Waals surface area contributed by atoms with Crippen LogP contribution in [0.5, 0.6) is 5.75 Å². The van der Waals surface area contributed by atoms with Crippen molar-refractivity contribution in [3.63, 3.8) is 0 Å². The van der Waals surface area contributed by atoms with Gasteiger partial charge in [0.15, 0.2) is 5.78 Å². The lowest BCUT2D eigenvalue weighted by Gasteiger charge is -2.30. The van der Waals surface area contributed by atoms with Crippen LogP contribution in [0.1, 0.15) is 62.4 Å². The van der Waals surface area contributed by atoms with Gasteiger partial charge < -0.3 is 5.11 Å². The molecular weight excluding hydrogens is 256 g/mol. The number of benzene rings is 1. The number of rotatable bonds is 4. The van der Waals surface area contributed by atoms with E-state index in [1.807, 2.05) is 0 Å². The minimum absolute atomic E-state index is 0.0661. The van der Waals surface area contributed by atoms with E-state index >= 15 is 0 Å². The average molecular weight is 278 g/mol. The maximum absolute atomic E-state index is 12.1. The normalized spacial score (nSPS) is 17.3. The molecule has 2 rings (SSSR count). The number of unbranched alkanes of at least 4 members (excludes halogenated alkanes) is 2. The summed E-state index contributed by atoms with van der Waals surface area (Å²) < 4.78 is -0.0709. The van der Waals surface area contributed by atoms with E-state index in [9.17, 15) is 9.90 Å². The first-order valence-electron chi connectivity index (χ1n) is 7.01. The van der Waals surface area contributed by atoms with Crippen LogP contribution in [0.2, 0.25) is 0 Å². The Labute approximate surface area is 119 Å². The SMILES string of the molecule is CCCCCc1cc(O)c2c(c1)SC(C)(C)CC2=O. The molecule has 0 radical (unpaired) electrons. The Morgan fingerprint density at radius 2 is 2.05 bits per heavy atom. The van der Waals surface area contributed by atoms with Crippen molar-refractivity contribution in [1.29, 1.82) is 0 Å². The molecule has 1 aromatic rings. The zero-order valence-electron chi connectivity index (χ0n) is 12.0. The van der Waals surface area contributed by atoms with Crippen LogP contribution in [0.3, 0.4) is 0 Å². The third-order valence-corrected chi connectivity index (χ3v) is 4.70. The Balaban J connectivity index is 2.29.